The van der Waals surface area contributed by atoms with Crippen LogP contribution in [0.4, 0.5) is 0 Å². The van der Waals surface area contributed by atoms with Crippen molar-refractivity contribution < 1.29 is 0 Å². The third-order valence-electron chi connectivity index (χ3n) is 5.95. The zero-order valence-electron chi connectivity index (χ0n) is 20.4. The Morgan fingerprint density at radius 1 is 0.611 bits per heavy atom. The first-order chi connectivity index (χ1) is 17.7. The lowest BCUT2D eigenvalue weighted by Crippen LogP contribution is -2.43. The highest BCUT2D eigenvalue weighted by molar-refractivity contribution is 5.81. The highest BCUT2D eigenvalue weighted by Gasteiger charge is 2.21. The van der Waals surface area contributed by atoms with E-state index in [0.29, 0.717) is 32.1 Å². The molecule has 4 aromatic rings. The fourth-order valence-electron chi connectivity index (χ4n) is 4.17. The zero-order valence-corrected chi connectivity index (χ0v) is 20.4. The molecule has 36 heavy (non-hydrogen) atoms. The Labute approximate surface area is 214 Å². The predicted octanol–water partition coefficient (Wildman–Crippen LogP) is 6.87. The van der Waals surface area contributed by atoms with E-state index in [2.05, 4.69) is 88.2 Å². The number of rotatable bonds is 9. The van der Waals surface area contributed by atoms with Gasteiger partial charge in [0.25, 0.3) is 0 Å². The number of hydrogen-bond acceptors (Lipinski definition) is 2. The van der Waals surface area contributed by atoms with Crippen LogP contribution in [0.15, 0.2) is 127 Å². The van der Waals surface area contributed by atoms with Gasteiger partial charge < -0.3 is 9.80 Å². The number of nitrogens with zero attached hydrogens (tertiary/aromatic N) is 4. The summed E-state index contributed by atoms with van der Waals surface area (Å²) < 4.78 is 0. The molecule has 4 aromatic carbocycles. The highest BCUT2D eigenvalue weighted by Crippen LogP contribution is 2.18. The van der Waals surface area contributed by atoms with Crippen LogP contribution in [0.2, 0.25) is 0 Å². The van der Waals surface area contributed by atoms with E-state index < -0.39 is 0 Å². The Kier molecular flexibility index (Phi) is 8.67. The van der Waals surface area contributed by atoms with Crippen LogP contribution in [-0.2, 0) is 26.2 Å². The van der Waals surface area contributed by atoms with Gasteiger partial charge in [-0.2, -0.15) is 5.26 Å². The molecule has 0 heterocycles. The summed E-state index contributed by atoms with van der Waals surface area (Å²) in [5.74, 6) is 0.654. The summed E-state index contributed by atoms with van der Waals surface area (Å²) in [7, 11) is 0. The second-order valence-corrected chi connectivity index (χ2v) is 8.63. The van der Waals surface area contributed by atoms with Crippen LogP contribution in [-0.4, -0.2) is 15.8 Å². The molecular weight excluding hydrogens is 440 g/mol. The zero-order chi connectivity index (χ0) is 25.0. The van der Waals surface area contributed by atoms with Crippen molar-refractivity contribution in [1.29, 1.82) is 5.26 Å². The smallest absolute Gasteiger partial charge is 0.213 e. The summed E-state index contributed by atoms with van der Waals surface area (Å²) in [6.07, 6.45) is 3.92. The maximum Gasteiger partial charge on any atom is 0.213 e. The molecule has 0 aromatic heterocycles. The van der Waals surface area contributed by atoms with Crippen LogP contribution in [0.5, 0.6) is 0 Å². The van der Waals surface area contributed by atoms with Crippen LogP contribution in [0, 0.1) is 11.5 Å². The van der Waals surface area contributed by atoms with Crippen LogP contribution in [0.1, 0.15) is 27.8 Å². The molecule has 0 aliphatic carbocycles. The van der Waals surface area contributed by atoms with Crippen molar-refractivity contribution in [1.82, 2.24) is 9.80 Å². The number of nitriles is 1. The molecular formula is C32H30N4. The van der Waals surface area contributed by atoms with E-state index in [4.69, 9.17) is 0 Å². The fraction of sp³-hybridized carbons (Fsp3) is 0.125. The molecule has 0 bridgehead atoms. The molecule has 0 aliphatic heterocycles. The first-order valence-corrected chi connectivity index (χ1v) is 12.0. The molecule has 0 spiro atoms. The quantitative estimate of drug-likeness (QED) is 0.152. The van der Waals surface area contributed by atoms with Crippen molar-refractivity contribution in [3.05, 3.63) is 150 Å². The molecule has 0 fully saturated rings. The molecule has 4 nitrogen and oxygen atoms in total. The summed E-state index contributed by atoms with van der Waals surface area (Å²) in [4.78, 5) is 8.78. The largest absolute Gasteiger partial charge is 0.333 e. The van der Waals surface area contributed by atoms with Gasteiger partial charge in [0.15, 0.2) is 0 Å². The standard InChI is InChI=1S/C32H30N4/c1-2-27-18-20-31(21-19-27)25-36(24-30-16-10-5-11-17-30)32(34-26-33)35(22-28-12-6-3-7-13-28)23-29-14-8-4-9-15-29/h2-21H,1,22-25H2. The Morgan fingerprint density at radius 2 is 0.972 bits per heavy atom. The van der Waals surface area contributed by atoms with Gasteiger partial charge in [0.1, 0.15) is 0 Å². The van der Waals surface area contributed by atoms with E-state index in [0.717, 1.165) is 27.8 Å². The van der Waals surface area contributed by atoms with Crippen LogP contribution in [0.3, 0.4) is 0 Å². The Morgan fingerprint density at radius 3 is 1.31 bits per heavy atom. The summed E-state index contributed by atoms with van der Waals surface area (Å²) in [5.41, 5.74) is 5.70. The van der Waals surface area contributed by atoms with Crippen molar-refractivity contribution in [2.45, 2.75) is 26.2 Å². The lowest BCUT2D eigenvalue weighted by Gasteiger charge is -2.34. The summed E-state index contributed by atoms with van der Waals surface area (Å²) >= 11 is 0. The molecule has 4 heteroatoms. The average Bonchev–Trinajstić information content (AvgIpc) is 2.93. The van der Waals surface area contributed by atoms with E-state index >= 15 is 0 Å². The first kappa shape index (κ1) is 24.5. The maximum atomic E-state index is 9.77. The highest BCUT2D eigenvalue weighted by atomic mass is 15.4. The molecule has 0 saturated carbocycles. The van der Waals surface area contributed by atoms with Gasteiger partial charge in [-0.05, 0) is 27.8 Å². The topological polar surface area (TPSA) is 42.6 Å². The number of hydrogen-bond donors (Lipinski definition) is 0. The van der Waals surface area contributed by atoms with E-state index in [9.17, 15) is 5.26 Å². The van der Waals surface area contributed by atoms with Crippen LogP contribution >= 0.6 is 0 Å². The summed E-state index contributed by atoms with van der Waals surface area (Å²) in [6, 6.07) is 39.3. The molecule has 0 atom stereocenters. The van der Waals surface area contributed by atoms with Crippen molar-refractivity contribution in [3.8, 4) is 6.19 Å². The third-order valence-corrected chi connectivity index (χ3v) is 5.95. The summed E-state index contributed by atoms with van der Waals surface area (Å²) in [6.45, 7) is 6.38. The monoisotopic (exact) mass is 470 g/mol. The van der Waals surface area contributed by atoms with Crippen LogP contribution < -0.4 is 0 Å². The maximum absolute atomic E-state index is 9.77. The molecule has 0 radical (unpaired) electrons. The van der Waals surface area contributed by atoms with Gasteiger partial charge in [0.2, 0.25) is 12.2 Å². The number of benzene rings is 4. The van der Waals surface area contributed by atoms with Crippen molar-refractivity contribution in [2.75, 3.05) is 0 Å². The molecule has 178 valence electrons. The second-order valence-electron chi connectivity index (χ2n) is 8.63. The molecule has 0 unspecified atom stereocenters. The van der Waals surface area contributed by atoms with Gasteiger partial charge in [0, 0.05) is 26.2 Å². The SMILES string of the molecule is C=Cc1ccc(CN(Cc2ccccc2)C(=NC#N)N(Cc2ccccc2)Cc2ccccc2)cc1. The normalized spacial score (nSPS) is 10.9. The minimum absolute atomic E-state index is 0.618. The lowest BCUT2D eigenvalue weighted by atomic mass is 10.1. The average molecular weight is 471 g/mol. The van der Waals surface area contributed by atoms with Crippen molar-refractivity contribution >= 4 is 12.0 Å². The Hall–Kier alpha value is -4.62. The first-order valence-electron chi connectivity index (χ1n) is 12.0. The third kappa shape index (κ3) is 6.94. The van der Waals surface area contributed by atoms with Crippen LogP contribution in [0.25, 0.3) is 6.08 Å². The van der Waals surface area contributed by atoms with E-state index in [1.807, 2.05) is 60.7 Å². The molecule has 4 rings (SSSR count). The minimum atomic E-state index is 0.618. The Bertz CT molecular complexity index is 1250. The molecule has 0 aliphatic rings. The van der Waals surface area contributed by atoms with Gasteiger partial charge >= 0.3 is 0 Å². The van der Waals surface area contributed by atoms with E-state index in [1.165, 1.54) is 0 Å². The van der Waals surface area contributed by atoms with Gasteiger partial charge in [0.05, 0.1) is 0 Å². The van der Waals surface area contributed by atoms with Gasteiger partial charge in [-0.15, -0.1) is 4.99 Å². The van der Waals surface area contributed by atoms with Crippen molar-refractivity contribution in [3.63, 3.8) is 0 Å². The fourth-order valence-corrected chi connectivity index (χ4v) is 4.17. The molecule has 0 saturated heterocycles. The number of guanidine groups is 1. The molecule has 0 N–H and O–H groups in total. The second kappa shape index (κ2) is 12.7. The predicted molar refractivity (Wildman–Crippen MR) is 147 cm³/mol. The van der Waals surface area contributed by atoms with Gasteiger partial charge in [-0.25, -0.2) is 0 Å². The van der Waals surface area contributed by atoms with Gasteiger partial charge in [-0.3, -0.25) is 0 Å². The minimum Gasteiger partial charge on any atom is -0.333 e. The number of aliphatic imine (C=N–C) groups is 1. The van der Waals surface area contributed by atoms with Gasteiger partial charge in [-0.1, -0.05) is 128 Å². The lowest BCUT2D eigenvalue weighted by molar-refractivity contribution is 0.296. The van der Waals surface area contributed by atoms with E-state index in [-0.39, 0.29) is 0 Å². The Balaban J connectivity index is 1.72. The summed E-state index contributed by atoms with van der Waals surface area (Å²) in [5, 5.41) is 9.77. The van der Waals surface area contributed by atoms with Crippen molar-refractivity contribution in [2.24, 2.45) is 4.99 Å². The molecule has 0 amide bonds. The van der Waals surface area contributed by atoms with E-state index in [1.54, 1.807) is 0 Å².